The maximum atomic E-state index is 14.0. The van der Waals surface area contributed by atoms with Crippen LogP contribution in [0.2, 0.25) is 0 Å². The second-order valence-corrected chi connectivity index (χ2v) is 10.0. The van der Waals surface area contributed by atoms with Crippen molar-refractivity contribution >= 4 is 46.1 Å². The van der Waals surface area contributed by atoms with Crippen molar-refractivity contribution in [2.45, 2.75) is 18.7 Å². The highest BCUT2D eigenvalue weighted by Crippen LogP contribution is 2.38. The molecule has 0 radical (unpaired) electrons. The monoisotopic (exact) mass is 618 g/mol. The fourth-order valence-corrected chi connectivity index (χ4v) is 5.00. The van der Waals surface area contributed by atoms with Gasteiger partial charge in [-0.15, -0.1) is 0 Å². The Balaban J connectivity index is 1.55. The van der Waals surface area contributed by atoms with Crippen LogP contribution in [0, 0.1) is 3.57 Å². The second-order valence-electron chi connectivity index (χ2n) is 8.79. The molecule has 0 saturated carbocycles. The van der Waals surface area contributed by atoms with Gasteiger partial charge in [0.05, 0.1) is 11.3 Å². The number of halogens is 1. The topological polar surface area (TPSA) is 95.9 Å². The third-order valence-corrected chi connectivity index (χ3v) is 6.97. The van der Waals surface area contributed by atoms with E-state index in [2.05, 4.69) is 27.9 Å². The van der Waals surface area contributed by atoms with Crippen LogP contribution in [0.25, 0.3) is 0 Å². The highest BCUT2D eigenvalue weighted by Gasteiger charge is 2.43. The minimum absolute atomic E-state index is 0.234. The first-order valence-electron chi connectivity index (χ1n) is 11.9. The van der Waals surface area contributed by atoms with Crippen molar-refractivity contribution in [2.24, 2.45) is 0 Å². The molecular formula is C30H23IN2O5. The summed E-state index contributed by atoms with van der Waals surface area (Å²) in [4.78, 5) is 41.5. The molecule has 0 saturated heterocycles. The van der Waals surface area contributed by atoms with Crippen LogP contribution in [-0.2, 0) is 16.2 Å². The molecule has 38 heavy (non-hydrogen) atoms. The smallest absolute Gasteiger partial charge is 0.331 e. The molecule has 8 heteroatoms. The number of carboxylic acid groups (broad SMARTS) is 1. The Labute approximate surface area is 233 Å². The number of fused-ring (bicyclic) bond motifs is 1. The molecule has 1 aliphatic heterocycles. The lowest BCUT2D eigenvalue weighted by Crippen LogP contribution is -2.44. The number of nitrogens with zero attached hydrogens (tertiary/aromatic N) is 1. The zero-order chi connectivity index (χ0) is 26.6. The van der Waals surface area contributed by atoms with E-state index >= 15 is 0 Å². The maximum absolute atomic E-state index is 14.0. The normalized spacial score (nSPS) is 15.7. The largest absolute Gasteiger partial charge is 0.489 e. The number of carbonyl (C=O) groups is 3. The van der Waals surface area contributed by atoms with E-state index in [1.807, 2.05) is 30.3 Å². The number of benzene rings is 4. The molecule has 0 fully saturated rings. The van der Waals surface area contributed by atoms with Crippen molar-refractivity contribution in [1.29, 1.82) is 0 Å². The van der Waals surface area contributed by atoms with Gasteiger partial charge in [-0.1, -0.05) is 72.8 Å². The van der Waals surface area contributed by atoms with Crippen molar-refractivity contribution in [3.8, 4) is 5.75 Å². The summed E-state index contributed by atoms with van der Waals surface area (Å²) in [6.45, 7) is 0.373. The summed E-state index contributed by atoms with van der Waals surface area (Å²) in [5, 5.41) is 13.2. The standard InChI is InChI=1S/C30H23IN2O5/c31-22-13-16-25-24(17-22)29(35)33(27(30(36)37)20-9-5-2-6-10-20)26(28(34)32-25)21-11-14-23(15-12-21)38-18-19-7-3-1-4-8-19/h1-17,26-27H,18H2,(H,32,34)(H,36,37). The van der Waals surface area contributed by atoms with Crippen LogP contribution in [0.1, 0.15) is 39.1 Å². The third-order valence-electron chi connectivity index (χ3n) is 6.30. The van der Waals surface area contributed by atoms with Gasteiger partial charge in [-0.3, -0.25) is 9.59 Å². The summed E-state index contributed by atoms with van der Waals surface area (Å²) < 4.78 is 6.66. The van der Waals surface area contributed by atoms with Crippen molar-refractivity contribution < 1.29 is 24.2 Å². The van der Waals surface area contributed by atoms with Crippen LogP contribution in [0.4, 0.5) is 5.69 Å². The van der Waals surface area contributed by atoms with Crippen molar-refractivity contribution in [1.82, 2.24) is 4.90 Å². The zero-order valence-electron chi connectivity index (χ0n) is 20.1. The van der Waals surface area contributed by atoms with E-state index in [1.54, 1.807) is 72.8 Å². The molecule has 1 aliphatic rings. The Hall–Kier alpha value is -4.18. The maximum Gasteiger partial charge on any atom is 0.331 e. The Bertz CT molecular complexity index is 1480. The summed E-state index contributed by atoms with van der Waals surface area (Å²) in [6, 6.07) is 27.5. The molecule has 0 aromatic heterocycles. The minimum atomic E-state index is -1.39. The van der Waals surface area contributed by atoms with E-state index < -0.39 is 29.9 Å². The van der Waals surface area contributed by atoms with E-state index in [4.69, 9.17) is 4.74 Å². The fourth-order valence-electron chi connectivity index (χ4n) is 4.51. The SMILES string of the molecule is O=C(O)C(c1ccccc1)N1C(=O)c2cc(I)ccc2NC(=O)C1c1ccc(OCc2ccccc2)cc1. The minimum Gasteiger partial charge on any atom is -0.489 e. The van der Waals surface area contributed by atoms with Crippen molar-refractivity contribution in [3.05, 3.63) is 129 Å². The quantitative estimate of drug-likeness (QED) is 0.254. The Kier molecular flexibility index (Phi) is 7.41. The number of ether oxygens (including phenoxy) is 1. The average Bonchev–Trinajstić information content (AvgIpc) is 3.03. The van der Waals surface area contributed by atoms with Gasteiger partial charge in [0.25, 0.3) is 11.8 Å². The number of anilines is 1. The fraction of sp³-hybridized carbons (Fsp3) is 0.100. The van der Waals surface area contributed by atoms with Gasteiger partial charge in [-0.2, -0.15) is 0 Å². The highest BCUT2D eigenvalue weighted by molar-refractivity contribution is 14.1. The zero-order valence-corrected chi connectivity index (χ0v) is 22.2. The predicted octanol–water partition coefficient (Wildman–Crippen LogP) is 5.83. The molecule has 7 nitrogen and oxygen atoms in total. The molecule has 2 atom stereocenters. The lowest BCUT2D eigenvalue weighted by Gasteiger charge is -2.34. The molecule has 4 aromatic carbocycles. The van der Waals surface area contributed by atoms with Gasteiger partial charge in [-0.05, 0) is 69.6 Å². The Morgan fingerprint density at radius 1 is 0.921 bits per heavy atom. The number of rotatable bonds is 7. The lowest BCUT2D eigenvalue weighted by molar-refractivity contribution is -0.144. The van der Waals surface area contributed by atoms with Crippen LogP contribution < -0.4 is 10.1 Å². The Morgan fingerprint density at radius 3 is 2.24 bits per heavy atom. The van der Waals surface area contributed by atoms with Crippen LogP contribution in [-0.4, -0.2) is 27.8 Å². The highest BCUT2D eigenvalue weighted by atomic mass is 127. The third kappa shape index (κ3) is 5.26. The van der Waals surface area contributed by atoms with Gasteiger partial charge in [0, 0.05) is 3.57 Å². The molecule has 2 unspecified atom stereocenters. The number of hydrogen-bond donors (Lipinski definition) is 2. The first-order valence-corrected chi connectivity index (χ1v) is 13.0. The van der Waals surface area contributed by atoms with Crippen molar-refractivity contribution in [2.75, 3.05) is 5.32 Å². The summed E-state index contributed by atoms with van der Waals surface area (Å²) in [5.74, 6) is -1.71. The molecule has 2 amide bonds. The lowest BCUT2D eigenvalue weighted by atomic mass is 9.97. The summed E-state index contributed by atoms with van der Waals surface area (Å²) >= 11 is 2.08. The molecule has 1 heterocycles. The molecular weight excluding hydrogens is 595 g/mol. The van der Waals surface area contributed by atoms with Gasteiger partial charge in [0.2, 0.25) is 0 Å². The van der Waals surface area contributed by atoms with E-state index in [0.29, 0.717) is 29.2 Å². The summed E-state index contributed by atoms with van der Waals surface area (Å²) in [5.41, 5.74) is 2.44. The second kappa shape index (κ2) is 11.1. The van der Waals surface area contributed by atoms with Gasteiger partial charge < -0.3 is 20.1 Å². The molecule has 190 valence electrons. The average molecular weight is 618 g/mol. The molecule has 4 aromatic rings. The van der Waals surface area contributed by atoms with Crippen molar-refractivity contribution in [3.63, 3.8) is 0 Å². The summed E-state index contributed by atoms with van der Waals surface area (Å²) in [6.07, 6.45) is 0. The molecule has 0 aliphatic carbocycles. The first-order chi connectivity index (χ1) is 18.4. The van der Waals surface area contributed by atoms with Crippen LogP contribution >= 0.6 is 22.6 Å². The number of amides is 2. The van der Waals surface area contributed by atoms with E-state index in [1.165, 1.54) is 0 Å². The molecule has 5 rings (SSSR count). The summed E-state index contributed by atoms with van der Waals surface area (Å²) in [7, 11) is 0. The number of carbonyl (C=O) groups excluding carboxylic acids is 2. The predicted molar refractivity (Wildman–Crippen MR) is 151 cm³/mol. The number of nitrogens with one attached hydrogen (secondary N) is 1. The van der Waals surface area contributed by atoms with Gasteiger partial charge in [-0.25, -0.2) is 4.79 Å². The van der Waals surface area contributed by atoms with Gasteiger partial charge >= 0.3 is 5.97 Å². The molecule has 0 bridgehead atoms. The van der Waals surface area contributed by atoms with Gasteiger partial charge in [0.15, 0.2) is 6.04 Å². The number of hydrogen-bond acceptors (Lipinski definition) is 4. The van der Waals surface area contributed by atoms with E-state index in [9.17, 15) is 19.5 Å². The van der Waals surface area contributed by atoms with Crippen LogP contribution in [0.5, 0.6) is 5.75 Å². The van der Waals surface area contributed by atoms with Crippen LogP contribution in [0.15, 0.2) is 103 Å². The van der Waals surface area contributed by atoms with E-state index in [-0.39, 0.29) is 5.56 Å². The number of aliphatic carboxylic acids is 1. The van der Waals surface area contributed by atoms with Gasteiger partial charge in [0.1, 0.15) is 18.4 Å². The first kappa shape index (κ1) is 25.5. The molecule has 0 spiro atoms. The van der Waals surface area contributed by atoms with E-state index in [0.717, 1.165) is 14.0 Å². The number of carboxylic acids is 1. The molecule has 2 N–H and O–H groups in total. The Morgan fingerprint density at radius 2 is 1.58 bits per heavy atom. The van der Waals surface area contributed by atoms with Crippen LogP contribution in [0.3, 0.4) is 0 Å².